The molecule has 0 bridgehead atoms. The topological polar surface area (TPSA) is 91.3 Å². The van der Waals surface area contributed by atoms with Gasteiger partial charge in [-0.05, 0) is 29.7 Å². The summed E-state index contributed by atoms with van der Waals surface area (Å²) in [7, 11) is 0. The van der Waals surface area contributed by atoms with Gasteiger partial charge in [0.25, 0.3) is 5.91 Å². The standard InChI is InChI=1S/C22H20N4O3/c27-19-13-26(22(28)21-17-3-1-2-4-18(17)24-25-21)10-8-20(19)29-16-6-5-14-7-9-23-12-15(14)11-16/h1-7,9,11-12,19-20,27H,8,10,13H2,(H,24,25)/t19-,20-/m1/s1. The Morgan fingerprint density at radius 3 is 2.97 bits per heavy atom. The first kappa shape index (κ1) is 17.6. The molecule has 4 aromatic rings. The third kappa shape index (κ3) is 3.30. The van der Waals surface area contributed by atoms with Crippen molar-refractivity contribution in [1.29, 1.82) is 0 Å². The maximum absolute atomic E-state index is 12.9. The van der Waals surface area contributed by atoms with Crippen LogP contribution in [0.15, 0.2) is 60.9 Å². The number of carbonyl (C=O) groups is 1. The molecular formula is C22H20N4O3. The van der Waals surface area contributed by atoms with Crippen molar-refractivity contribution >= 4 is 27.6 Å². The Kier molecular flexibility index (Phi) is 4.37. The Bertz CT molecular complexity index is 1190. The van der Waals surface area contributed by atoms with E-state index < -0.39 is 6.10 Å². The van der Waals surface area contributed by atoms with Gasteiger partial charge in [-0.25, -0.2) is 0 Å². The van der Waals surface area contributed by atoms with E-state index in [9.17, 15) is 9.90 Å². The van der Waals surface area contributed by atoms with E-state index in [1.165, 1.54) is 0 Å². The summed E-state index contributed by atoms with van der Waals surface area (Å²) in [6.07, 6.45) is 2.93. The predicted octanol–water partition coefficient (Wildman–Crippen LogP) is 2.77. The molecule has 5 rings (SSSR count). The molecule has 1 aliphatic rings. The number of piperidine rings is 1. The van der Waals surface area contributed by atoms with E-state index in [0.29, 0.717) is 24.4 Å². The molecule has 7 nitrogen and oxygen atoms in total. The van der Waals surface area contributed by atoms with Crippen LogP contribution in [0.25, 0.3) is 21.7 Å². The van der Waals surface area contributed by atoms with Gasteiger partial charge in [-0.1, -0.05) is 24.3 Å². The van der Waals surface area contributed by atoms with E-state index in [4.69, 9.17) is 4.74 Å². The molecule has 1 fully saturated rings. The number of H-pyrrole nitrogens is 1. The fourth-order valence-electron chi connectivity index (χ4n) is 3.82. The van der Waals surface area contributed by atoms with Crippen molar-refractivity contribution in [2.75, 3.05) is 13.1 Å². The molecule has 1 aliphatic heterocycles. The SMILES string of the molecule is O=C(c1n[nH]c2ccccc12)N1CC[C@@H](Oc2ccc3ccncc3c2)[C@H](O)C1. The Morgan fingerprint density at radius 1 is 1.17 bits per heavy atom. The fraction of sp³-hybridized carbons (Fsp3) is 0.227. The molecule has 3 heterocycles. The van der Waals surface area contributed by atoms with Crippen molar-refractivity contribution in [1.82, 2.24) is 20.1 Å². The fourth-order valence-corrected chi connectivity index (χ4v) is 3.82. The molecule has 1 amide bonds. The van der Waals surface area contributed by atoms with Crippen LogP contribution in [0.4, 0.5) is 0 Å². The summed E-state index contributed by atoms with van der Waals surface area (Å²) in [4.78, 5) is 18.7. The second-order valence-corrected chi connectivity index (χ2v) is 7.27. The Morgan fingerprint density at radius 2 is 2.07 bits per heavy atom. The number of ether oxygens (including phenoxy) is 1. The van der Waals surface area contributed by atoms with Crippen molar-refractivity contribution in [3.05, 3.63) is 66.6 Å². The minimum atomic E-state index is -0.775. The number of aliphatic hydroxyl groups is 1. The average Bonchev–Trinajstić information content (AvgIpc) is 3.19. The predicted molar refractivity (Wildman–Crippen MR) is 109 cm³/mol. The summed E-state index contributed by atoms with van der Waals surface area (Å²) in [5, 5.41) is 20.5. The van der Waals surface area contributed by atoms with Crippen LogP contribution in [-0.2, 0) is 0 Å². The normalized spacial score (nSPS) is 19.6. The highest BCUT2D eigenvalue weighted by atomic mass is 16.5. The summed E-state index contributed by atoms with van der Waals surface area (Å²) in [6, 6.07) is 15.2. The Hall–Kier alpha value is -3.45. The van der Waals surface area contributed by atoms with Crippen molar-refractivity contribution in [3.63, 3.8) is 0 Å². The number of fused-ring (bicyclic) bond motifs is 2. The van der Waals surface area contributed by atoms with Gasteiger partial charge in [-0.15, -0.1) is 0 Å². The number of benzene rings is 2. The number of likely N-dealkylation sites (tertiary alicyclic amines) is 1. The molecule has 0 spiro atoms. The number of nitrogens with zero attached hydrogens (tertiary/aromatic N) is 3. The van der Waals surface area contributed by atoms with Gasteiger partial charge in [0.05, 0.1) is 12.1 Å². The number of carbonyl (C=O) groups excluding carboxylic acids is 1. The van der Waals surface area contributed by atoms with Crippen LogP contribution in [-0.4, -0.2) is 56.4 Å². The molecule has 7 heteroatoms. The molecule has 0 radical (unpaired) electrons. The number of β-amino-alcohol motifs (C(OH)–C–C–N with tert-alkyl or cyclic N) is 1. The number of aromatic nitrogens is 3. The number of rotatable bonds is 3. The lowest BCUT2D eigenvalue weighted by Gasteiger charge is -2.35. The number of nitrogens with one attached hydrogen (secondary N) is 1. The van der Waals surface area contributed by atoms with Gasteiger partial charge in [-0.2, -0.15) is 5.10 Å². The second-order valence-electron chi connectivity index (χ2n) is 7.27. The van der Waals surface area contributed by atoms with Gasteiger partial charge in [0.2, 0.25) is 0 Å². The van der Waals surface area contributed by atoms with E-state index in [1.54, 1.807) is 17.3 Å². The number of para-hydroxylation sites is 1. The zero-order valence-electron chi connectivity index (χ0n) is 15.7. The zero-order chi connectivity index (χ0) is 19.8. The lowest BCUT2D eigenvalue weighted by atomic mass is 10.0. The van der Waals surface area contributed by atoms with Crippen LogP contribution >= 0.6 is 0 Å². The number of amides is 1. The third-order valence-electron chi connectivity index (χ3n) is 5.38. The van der Waals surface area contributed by atoms with Crippen LogP contribution < -0.4 is 4.74 Å². The van der Waals surface area contributed by atoms with Gasteiger partial charge in [0.1, 0.15) is 18.0 Å². The van der Waals surface area contributed by atoms with Gasteiger partial charge < -0.3 is 14.7 Å². The van der Waals surface area contributed by atoms with E-state index in [2.05, 4.69) is 15.2 Å². The monoisotopic (exact) mass is 388 g/mol. The maximum atomic E-state index is 12.9. The summed E-state index contributed by atoms with van der Waals surface area (Å²) < 4.78 is 6.03. The number of hydrogen-bond acceptors (Lipinski definition) is 5. The van der Waals surface area contributed by atoms with Crippen molar-refractivity contribution < 1.29 is 14.6 Å². The number of aliphatic hydroxyl groups excluding tert-OH is 1. The van der Waals surface area contributed by atoms with Gasteiger partial charge in [0, 0.05) is 36.1 Å². The van der Waals surface area contributed by atoms with Gasteiger partial charge in [-0.3, -0.25) is 14.9 Å². The highest BCUT2D eigenvalue weighted by molar-refractivity contribution is 6.04. The zero-order valence-corrected chi connectivity index (χ0v) is 15.7. The molecule has 2 aromatic heterocycles. The van der Waals surface area contributed by atoms with Gasteiger partial charge >= 0.3 is 0 Å². The number of hydrogen-bond donors (Lipinski definition) is 2. The first-order valence-electron chi connectivity index (χ1n) is 9.60. The third-order valence-corrected chi connectivity index (χ3v) is 5.38. The molecule has 0 aliphatic carbocycles. The van der Waals surface area contributed by atoms with Crippen LogP contribution in [0.3, 0.4) is 0 Å². The first-order chi connectivity index (χ1) is 14.2. The van der Waals surface area contributed by atoms with E-state index in [1.807, 2.05) is 48.5 Å². The van der Waals surface area contributed by atoms with Crippen molar-refractivity contribution in [2.45, 2.75) is 18.6 Å². The minimum absolute atomic E-state index is 0.184. The van der Waals surface area contributed by atoms with Crippen LogP contribution in [0.2, 0.25) is 0 Å². The highest BCUT2D eigenvalue weighted by Gasteiger charge is 2.33. The molecule has 1 saturated heterocycles. The summed E-state index contributed by atoms with van der Waals surface area (Å²) >= 11 is 0. The highest BCUT2D eigenvalue weighted by Crippen LogP contribution is 2.25. The molecule has 2 N–H and O–H groups in total. The smallest absolute Gasteiger partial charge is 0.275 e. The molecule has 0 unspecified atom stereocenters. The lowest BCUT2D eigenvalue weighted by Crippen LogP contribution is -2.51. The Balaban J connectivity index is 1.29. The van der Waals surface area contributed by atoms with Crippen LogP contribution in [0.5, 0.6) is 5.75 Å². The molecule has 2 atom stereocenters. The molecule has 146 valence electrons. The second kappa shape index (κ2) is 7.18. The average molecular weight is 388 g/mol. The molecule has 2 aromatic carbocycles. The summed E-state index contributed by atoms with van der Waals surface area (Å²) in [5.41, 5.74) is 1.20. The molecule has 0 saturated carbocycles. The molecule has 29 heavy (non-hydrogen) atoms. The molecular weight excluding hydrogens is 368 g/mol. The van der Waals surface area contributed by atoms with Crippen molar-refractivity contribution in [3.8, 4) is 5.75 Å². The van der Waals surface area contributed by atoms with E-state index in [-0.39, 0.29) is 18.6 Å². The van der Waals surface area contributed by atoms with Crippen molar-refractivity contribution in [2.24, 2.45) is 0 Å². The number of pyridine rings is 1. The lowest BCUT2D eigenvalue weighted by molar-refractivity contribution is -0.0199. The number of aromatic amines is 1. The Labute approximate surface area is 166 Å². The summed E-state index contributed by atoms with van der Waals surface area (Å²) in [6.45, 7) is 0.705. The van der Waals surface area contributed by atoms with Crippen LogP contribution in [0.1, 0.15) is 16.9 Å². The minimum Gasteiger partial charge on any atom is -0.488 e. The first-order valence-corrected chi connectivity index (χ1v) is 9.60. The summed E-state index contributed by atoms with van der Waals surface area (Å²) in [5.74, 6) is 0.504. The maximum Gasteiger partial charge on any atom is 0.275 e. The largest absolute Gasteiger partial charge is 0.488 e. The van der Waals surface area contributed by atoms with E-state index in [0.717, 1.165) is 21.7 Å². The van der Waals surface area contributed by atoms with Gasteiger partial charge in [0.15, 0.2) is 5.69 Å². The van der Waals surface area contributed by atoms with E-state index >= 15 is 0 Å². The quantitative estimate of drug-likeness (QED) is 0.563. The van der Waals surface area contributed by atoms with Crippen LogP contribution in [0, 0.1) is 0 Å².